The highest BCUT2D eigenvalue weighted by atomic mass is 32.1. The molecule has 1 aliphatic rings. The van der Waals surface area contributed by atoms with E-state index in [4.69, 9.17) is 5.73 Å². The highest BCUT2D eigenvalue weighted by Gasteiger charge is 2.21. The highest BCUT2D eigenvalue weighted by Crippen LogP contribution is 2.25. The van der Waals surface area contributed by atoms with Gasteiger partial charge < -0.3 is 10.6 Å². The van der Waals surface area contributed by atoms with Crippen LogP contribution in [0.1, 0.15) is 6.42 Å². The molecule has 0 aliphatic carbocycles. The number of nitrogens with one attached hydrogen (secondary N) is 1. The largest absolute Gasteiger partial charge is 0.354 e. The van der Waals surface area contributed by atoms with E-state index in [1.165, 1.54) is 5.56 Å². The monoisotopic (exact) mass is 234 g/mol. The van der Waals surface area contributed by atoms with Crippen LogP contribution in [-0.2, 0) is 0 Å². The Hall–Kier alpha value is -1.33. The maximum Gasteiger partial charge on any atom is 0.151 e. The zero-order chi connectivity index (χ0) is 11.0. The number of aromatic amines is 1. The van der Waals surface area contributed by atoms with Crippen LogP contribution in [0.4, 0.5) is 5.82 Å². The fourth-order valence-electron chi connectivity index (χ4n) is 2.03. The van der Waals surface area contributed by atoms with Gasteiger partial charge in [-0.2, -0.15) is 16.4 Å². The van der Waals surface area contributed by atoms with Crippen molar-refractivity contribution in [2.24, 2.45) is 5.73 Å². The van der Waals surface area contributed by atoms with Crippen molar-refractivity contribution in [1.29, 1.82) is 0 Å². The van der Waals surface area contributed by atoms with Gasteiger partial charge in [-0.05, 0) is 17.9 Å². The van der Waals surface area contributed by atoms with Gasteiger partial charge in [0.15, 0.2) is 5.82 Å². The molecule has 5 heteroatoms. The summed E-state index contributed by atoms with van der Waals surface area (Å²) in [7, 11) is 0. The summed E-state index contributed by atoms with van der Waals surface area (Å²) in [6.07, 6.45) is 1.06. The summed E-state index contributed by atoms with van der Waals surface area (Å²) in [5.74, 6) is 1.01. The van der Waals surface area contributed by atoms with E-state index in [1.807, 2.05) is 0 Å². The minimum Gasteiger partial charge on any atom is -0.354 e. The summed E-state index contributed by atoms with van der Waals surface area (Å²) in [5.41, 5.74) is 8.17. The minimum atomic E-state index is 0.293. The lowest BCUT2D eigenvalue weighted by atomic mass is 10.2. The molecule has 0 bridgehead atoms. The van der Waals surface area contributed by atoms with Crippen molar-refractivity contribution < 1.29 is 0 Å². The fraction of sp³-hybridized carbons (Fsp3) is 0.364. The van der Waals surface area contributed by atoms with Crippen molar-refractivity contribution in [2.75, 3.05) is 18.0 Å². The summed E-state index contributed by atoms with van der Waals surface area (Å²) < 4.78 is 0. The van der Waals surface area contributed by atoms with Crippen LogP contribution in [-0.4, -0.2) is 29.3 Å². The molecule has 1 saturated heterocycles. The van der Waals surface area contributed by atoms with Crippen LogP contribution in [0.25, 0.3) is 11.3 Å². The Bertz CT molecular complexity index is 462. The van der Waals surface area contributed by atoms with E-state index >= 15 is 0 Å². The average Bonchev–Trinajstić information content (AvgIpc) is 2.97. The molecule has 84 valence electrons. The van der Waals surface area contributed by atoms with E-state index in [0.717, 1.165) is 31.0 Å². The summed E-state index contributed by atoms with van der Waals surface area (Å²) in [6.45, 7) is 1.92. The molecule has 0 saturated carbocycles. The molecule has 0 spiro atoms. The Morgan fingerprint density at radius 3 is 3.19 bits per heavy atom. The number of H-pyrrole nitrogens is 1. The van der Waals surface area contributed by atoms with Gasteiger partial charge in [-0.1, -0.05) is 0 Å². The smallest absolute Gasteiger partial charge is 0.151 e. The van der Waals surface area contributed by atoms with Gasteiger partial charge >= 0.3 is 0 Å². The van der Waals surface area contributed by atoms with Crippen molar-refractivity contribution in [2.45, 2.75) is 12.5 Å². The van der Waals surface area contributed by atoms with Crippen molar-refractivity contribution >= 4 is 17.2 Å². The van der Waals surface area contributed by atoms with Gasteiger partial charge in [-0.15, -0.1) is 0 Å². The Kier molecular flexibility index (Phi) is 2.41. The summed E-state index contributed by atoms with van der Waals surface area (Å²) >= 11 is 1.69. The van der Waals surface area contributed by atoms with E-state index in [1.54, 1.807) is 11.3 Å². The topological polar surface area (TPSA) is 57.9 Å². The number of aromatic nitrogens is 2. The Morgan fingerprint density at radius 1 is 1.56 bits per heavy atom. The first-order chi connectivity index (χ1) is 7.83. The molecule has 3 N–H and O–H groups in total. The molecule has 1 fully saturated rings. The number of hydrogen-bond donors (Lipinski definition) is 2. The standard InChI is InChI=1S/C11H14N4S/c12-9-1-3-15(6-9)11-5-10(13-14-11)8-2-4-16-7-8/h2,4-5,7,9H,1,3,6,12H2,(H,13,14)/t9-/m1/s1. The molecular weight excluding hydrogens is 220 g/mol. The SMILES string of the molecule is N[C@@H]1CCN(c2cc(-c3ccsc3)[nH]n2)C1. The molecule has 1 atom stereocenters. The minimum absolute atomic E-state index is 0.293. The molecule has 0 aromatic carbocycles. The predicted molar refractivity (Wildman–Crippen MR) is 66.7 cm³/mol. The van der Waals surface area contributed by atoms with Crippen LogP contribution >= 0.6 is 11.3 Å². The van der Waals surface area contributed by atoms with Gasteiger partial charge in [-0.25, -0.2) is 0 Å². The first-order valence-electron chi connectivity index (χ1n) is 5.41. The molecule has 4 nitrogen and oxygen atoms in total. The Labute approximate surface area is 98.1 Å². The maximum atomic E-state index is 5.89. The van der Waals surface area contributed by atoms with Gasteiger partial charge in [0, 0.05) is 36.1 Å². The molecule has 16 heavy (non-hydrogen) atoms. The number of anilines is 1. The van der Waals surface area contributed by atoms with Crippen molar-refractivity contribution in [1.82, 2.24) is 10.2 Å². The molecule has 1 aliphatic heterocycles. The fourth-order valence-corrected chi connectivity index (χ4v) is 2.69. The molecule has 2 aromatic rings. The number of hydrogen-bond acceptors (Lipinski definition) is 4. The molecule has 3 heterocycles. The lowest BCUT2D eigenvalue weighted by Crippen LogP contribution is -2.26. The van der Waals surface area contributed by atoms with Gasteiger partial charge in [0.1, 0.15) is 0 Å². The van der Waals surface area contributed by atoms with E-state index in [0.29, 0.717) is 6.04 Å². The van der Waals surface area contributed by atoms with Crippen LogP contribution in [0.15, 0.2) is 22.9 Å². The van der Waals surface area contributed by atoms with Crippen molar-refractivity contribution in [3.63, 3.8) is 0 Å². The average molecular weight is 234 g/mol. The van der Waals surface area contributed by atoms with Crippen LogP contribution in [0.3, 0.4) is 0 Å². The first kappa shape index (κ1) is 9.86. The van der Waals surface area contributed by atoms with Gasteiger partial charge in [0.2, 0.25) is 0 Å². The van der Waals surface area contributed by atoms with E-state index in [2.05, 4.69) is 38.0 Å². The summed E-state index contributed by atoms with van der Waals surface area (Å²) in [5, 5.41) is 11.6. The van der Waals surface area contributed by atoms with Crippen LogP contribution < -0.4 is 10.6 Å². The Morgan fingerprint density at radius 2 is 2.50 bits per heavy atom. The van der Waals surface area contributed by atoms with Gasteiger partial charge in [0.25, 0.3) is 0 Å². The second-order valence-corrected chi connectivity index (χ2v) is 4.93. The third kappa shape index (κ3) is 1.72. The lowest BCUT2D eigenvalue weighted by molar-refractivity contribution is 0.751. The van der Waals surface area contributed by atoms with Crippen molar-refractivity contribution in [3.05, 3.63) is 22.9 Å². The lowest BCUT2D eigenvalue weighted by Gasteiger charge is -2.13. The number of thiophene rings is 1. The number of rotatable bonds is 2. The molecule has 2 aromatic heterocycles. The summed E-state index contributed by atoms with van der Waals surface area (Å²) in [6, 6.07) is 4.49. The predicted octanol–water partition coefficient (Wildman–Crippen LogP) is 1.68. The second kappa shape index (κ2) is 3.92. The van der Waals surface area contributed by atoms with E-state index in [9.17, 15) is 0 Å². The molecule has 3 rings (SSSR count). The molecule has 0 radical (unpaired) electrons. The number of nitrogens with two attached hydrogens (primary N) is 1. The zero-order valence-electron chi connectivity index (χ0n) is 8.89. The highest BCUT2D eigenvalue weighted by molar-refractivity contribution is 7.08. The van der Waals surface area contributed by atoms with E-state index < -0.39 is 0 Å². The third-order valence-corrected chi connectivity index (χ3v) is 3.63. The van der Waals surface area contributed by atoms with Crippen LogP contribution in [0.5, 0.6) is 0 Å². The first-order valence-corrected chi connectivity index (χ1v) is 6.36. The molecule has 0 unspecified atom stereocenters. The second-order valence-electron chi connectivity index (χ2n) is 4.15. The summed E-state index contributed by atoms with van der Waals surface area (Å²) in [4.78, 5) is 2.23. The van der Waals surface area contributed by atoms with Crippen LogP contribution in [0, 0.1) is 0 Å². The molecule has 0 amide bonds. The third-order valence-electron chi connectivity index (χ3n) is 2.95. The van der Waals surface area contributed by atoms with Crippen LogP contribution in [0.2, 0.25) is 0 Å². The van der Waals surface area contributed by atoms with Gasteiger partial charge in [-0.3, -0.25) is 5.10 Å². The number of nitrogens with zero attached hydrogens (tertiary/aromatic N) is 2. The Balaban J connectivity index is 1.83. The zero-order valence-corrected chi connectivity index (χ0v) is 9.70. The van der Waals surface area contributed by atoms with Crippen molar-refractivity contribution in [3.8, 4) is 11.3 Å². The van der Waals surface area contributed by atoms with Gasteiger partial charge in [0.05, 0.1) is 5.69 Å². The molecular formula is C11H14N4S. The van der Waals surface area contributed by atoms with E-state index in [-0.39, 0.29) is 0 Å². The quantitative estimate of drug-likeness (QED) is 0.831. The maximum absolute atomic E-state index is 5.89. The normalized spacial score (nSPS) is 20.6.